The Balaban J connectivity index is 3.37. The third kappa shape index (κ3) is 17.4. The molecule has 2 N–H and O–H groups in total. The van der Waals surface area contributed by atoms with Crippen LogP contribution in [0.4, 0.5) is 0 Å². The number of carbonyl (C=O) groups excluding carboxylic acids is 2. The van der Waals surface area contributed by atoms with Crippen LogP contribution in [0.25, 0.3) is 0 Å². The number of unbranched alkanes of at least 4 members (excludes halogenated alkanes) is 1. The minimum atomic E-state index is -0.0109. The van der Waals surface area contributed by atoms with Crippen LogP contribution in [-0.4, -0.2) is 50.1 Å². The van der Waals surface area contributed by atoms with Crippen LogP contribution in [0.5, 0.6) is 0 Å². The van der Waals surface area contributed by atoms with Gasteiger partial charge in [-0.05, 0) is 25.0 Å². The molecule has 0 heterocycles. The summed E-state index contributed by atoms with van der Waals surface area (Å²) < 4.78 is 5.35. The third-order valence-electron chi connectivity index (χ3n) is 3.34. The topological polar surface area (TPSA) is 67.4 Å². The van der Waals surface area contributed by atoms with Gasteiger partial charge in [0.2, 0.25) is 11.8 Å². The van der Waals surface area contributed by atoms with E-state index >= 15 is 0 Å². The normalized spacial score (nSPS) is 10.8. The van der Waals surface area contributed by atoms with Crippen molar-refractivity contribution in [3.63, 3.8) is 0 Å². The van der Waals surface area contributed by atoms with Crippen molar-refractivity contribution >= 4 is 23.6 Å². The predicted octanol–water partition coefficient (Wildman–Crippen LogP) is 2.59. The van der Waals surface area contributed by atoms with Crippen LogP contribution in [0.15, 0.2) is 0 Å². The average Bonchev–Trinajstić information content (AvgIpc) is 2.50. The highest BCUT2D eigenvalue weighted by molar-refractivity contribution is 7.98. The Morgan fingerprint density at radius 2 is 1.61 bits per heavy atom. The van der Waals surface area contributed by atoms with E-state index in [2.05, 4.69) is 24.5 Å². The van der Waals surface area contributed by atoms with Crippen LogP contribution in [-0.2, 0) is 14.3 Å². The summed E-state index contributed by atoms with van der Waals surface area (Å²) >= 11 is 1.74. The van der Waals surface area contributed by atoms with E-state index in [1.807, 2.05) is 6.26 Å². The maximum Gasteiger partial charge on any atom is 0.220 e. The molecule has 0 bridgehead atoms. The molecule has 0 saturated carbocycles. The van der Waals surface area contributed by atoms with Gasteiger partial charge in [0, 0.05) is 31.7 Å². The fourth-order valence-corrected chi connectivity index (χ4v) is 2.28. The minimum Gasteiger partial charge on any atom is -0.379 e. The highest BCUT2D eigenvalue weighted by Gasteiger charge is 2.04. The molecule has 5 nitrogen and oxygen atoms in total. The van der Waals surface area contributed by atoms with Gasteiger partial charge in [-0.1, -0.05) is 26.7 Å². The maximum absolute atomic E-state index is 11.6. The molecule has 6 heteroatoms. The lowest BCUT2D eigenvalue weighted by atomic mass is 10.1. The van der Waals surface area contributed by atoms with Gasteiger partial charge in [0.25, 0.3) is 0 Å². The molecular formula is C17H34N2O3S. The highest BCUT2D eigenvalue weighted by Crippen LogP contribution is 2.05. The average molecular weight is 347 g/mol. The molecule has 0 aliphatic carbocycles. The van der Waals surface area contributed by atoms with E-state index in [0.29, 0.717) is 39.0 Å². The van der Waals surface area contributed by atoms with Crippen LogP contribution in [0.2, 0.25) is 0 Å². The molecule has 0 aromatic rings. The Labute approximate surface area is 145 Å². The number of rotatable bonds is 15. The first-order chi connectivity index (χ1) is 11.1. The van der Waals surface area contributed by atoms with Crippen molar-refractivity contribution in [2.75, 3.05) is 38.3 Å². The van der Waals surface area contributed by atoms with Crippen molar-refractivity contribution in [1.29, 1.82) is 0 Å². The van der Waals surface area contributed by atoms with Gasteiger partial charge in [0.15, 0.2) is 0 Å². The Hall–Kier alpha value is -0.750. The van der Waals surface area contributed by atoms with Crippen molar-refractivity contribution in [3.05, 3.63) is 0 Å². The Morgan fingerprint density at radius 3 is 2.22 bits per heavy atom. The van der Waals surface area contributed by atoms with E-state index < -0.39 is 0 Å². The lowest BCUT2D eigenvalue weighted by molar-refractivity contribution is -0.122. The van der Waals surface area contributed by atoms with Gasteiger partial charge >= 0.3 is 0 Å². The molecule has 0 aromatic heterocycles. The summed E-state index contributed by atoms with van der Waals surface area (Å²) in [4.78, 5) is 23.2. The van der Waals surface area contributed by atoms with Crippen LogP contribution < -0.4 is 10.6 Å². The molecule has 0 aliphatic rings. The number of hydrogen-bond acceptors (Lipinski definition) is 4. The smallest absolute Gasteiger partial charge is 0.220 e. The summed E-state index contributed by atoms with van der Waals surface area (Å²) in [6.07, 6.45) is 6.83. The number of carbonyl (C=O) groups is 2. The molecule has 0 spiro atoms. The van der Waals surface area contributed by atoms with Crippen LogP contribution in [0, 0.1) is 5.92 Å². The number of ether oxygens (including phenoxy) is 1. The fourth-order valence-electron chi connectivity index (χ4n) is 2.00. The molecule has 0 saturated heterocycles. The van der Waals surface area contributed by atoms with Gasteiger partial charge in [-0.2, -0.15) is 11.8 Å². The largest absolute Gasteiger partial charge is 0.379 e. The molecule has 0 rings (SSSR count). The number of thioether (sulfide) groups is 1. The molecule has 0 fully saturated rings. The van der Waals surface area contributed by atoms with Crippen LogP contribution >= 0.6 is 11.8 Å². The highest BCUT2D eigenvalue weighted by atomic mass is 32.2. The van der Waals surface area contributed by atoms with Gasteiger partial charge in [-0.25, -0.2) is 0 Å². The maximum atomic E-state index is 11.6. The van der Waals surface area contributed by atoms with Crippen LogP contribution in [0.3, 0.4) is 0 Å². The van der Waals surface area contributed by atoms with Gasteiger partial charge < -0.3 is 15.4 Å². The SMILES string of the molecule is CSCCOCCNC(=O)CCCC(=O)NCCCCC(C)C. The van der Waals surface area contributed by atoms with E-state index in [9.17, 15) is 9.59 Å². The summed E-state index contributed by atoms with van der Waals surface area (Å²) in [6, 6.07) is 0. The quantitative estimate of drug-likeness (QED) is 0.447. The van der Waals surface area contributed by atoms with E-state index in [1.165, 1.54) is 6.42 Å². The zero-order valence-electron chi connectivity index (χ0n) is 15.0. The summed E-state index contributed by atoms with van der Waals surface area (Å²) in [5, 5.41) is 5.71. The Kier molecular flexibility index (Phi) is 15.6. The molecule has 0 atom stereocenters. The van der Waals surface area contributed by atoms with Crippen molar-refractivity contribution in [2.45, 2.75) is 52.4 Å². The van der Waals surface area contributed by atoms with E-state index in [1.54, 1.807) is 11.8 Å². The second-order valence-corrected chi connectivity index (χ2v) is 7.03. The van der Waals surface area contributed by atoms with E-state index in [0.717, 1.165) is 31.1 Å². The standard InChI is InChI=1S/C17H34N2O3S/c1-15(2)7-4-5-10-18-16(20)8-6-9-17(21)19-11-12-22-13-14-23-3/h15H,4-14H2,1-3H3,(H,18,20)(H,19,21). The van der Waals surface area contributed by atoms with Crippen molar-refractivity contribution in [1.82, 2.24) is 10.6 Å². The Morgan fingerprint density at radius 1 is 0.957 bits per heavy atom. The third-order valence-corrected chi connectivity index (χ3v) is 3.91. The molecule has 0 aliphatic heterocycles. The second kappa shape index (κ2) is 16.1. The van der Waals surface area contributed by atoms with Crippen molar-refractivity contribution < 1.29 is 14.3 Å². The van der Waals surface area contributed by atoms with Crippen molar-refractivity contribution in [2.24, 2.45) is 5.92 Å². The molecular weight excluding hydrogens is 312 g/mol. The molecule has 23 heavy (non-hydrogen) atoms. The first-order valence-corrected chi connectivity index (χ1v) is 10.1. The van der Waals surface area contributed by atoms with Gasteiger partial charge in [0.05, 0.1) is 13.2 Å². The fraction of sp³-hybridized carbons (Fsp3) is 0.882. The Bertz CT molecular complexity index is 312. The minimum absolute atomic E-state index is 0.0109. The van der Waals surface area contributed by atoms with Gasteiger partial charge in [0.1, 0.15) is 0 Å². The monoisotopic (exact) mass is 346 g/mol. The summed E-state index contributed by atoms with van der Waals surface area (Å²) in [6.45, 7) is 6.96. The van der Waals surface area contributed by atoms with Crippen LogP contribution in [0.1, 0.15) is 52.4 Å². The van der Waals surface area contributed by atoms with Gasteiger partial charge in [-0.15, -0.1) is 0 Å². The summed E-state index contributed by atoms with van der Waals surface area (Å²) in [5.41, 5.74) is 0. The van der Waals surface area contributed by atoms with E-state index in [4.69, 9.17) is 4.74 Å². The molecule has 136 valence electrons. The lowest BCUT2D eigenvalue weighted by Gasteiger charge is -2.07. The summed E-state index contributed by atoms with van der Waals surface area (Å²) in [7, 11) is 0. The lowest BCUT2D eigenvalue weighted by Crippen LogP contribution is -2.28. The zero-order valence-corrected chi connectivity index (χ0v) is 15.8. The van der Waals surface area contributed by atoms with Gasteiger partial charge in [-0.3, -0.25) is 9.59 Å². The molecule has 2 amide bonds. The first-order valence-electron chi connectivity index (χ1n) is 8.66. The molecule has 0 radical (unpaired) electrons. The second-order valence-electron chi connectivity index (χ2n) is 6.05. The van der Waals surface area contributed by atoms with Crippen molar-refractivity contribution in [3.8, 4) is 0 Å². The predicted molar refractivity (Wildman–Crippen MR) is 97.8 cm³/mol. The number of amides is 2. The number of hydrogen-bond donors (Lipinski definition) is 2. The zero-order chi connectivity index (χ0) is 17.3. The summed E-state index contributed by atoms with van der Waals surface area (Å²) in [5.74, 6) is 1.73. The van der Waals surface area contributed by atoms with E-state index in [-0.39, 0.29) is 11.8 Å². The number of nitrogens with one attached hydrogen (secondary N) is 2. The molecule has 0 aromatic carbocycles. The first kappa shape index (κ1) is 22.2. The molecule has 0 unspecified atom stereocenters.